The van der Waals surface area contributed by atoms with Gasteiger partial charge in [-0.05, 0) is 38.9 Å². The minimum atomic E-state index is 0.334. The van der Waals surface area contributed by atoms with Crippen molar-refractivity contribution in [1.82, 2.24) is 25.2 Å². The third-order valence-corrected chi connectivity index (χ3v) is 3.54. The van der Waals surface area contributed by atoms with E-state index in [1.54, 1.807) is 6.20 Å². The molecule has 2 aromatic heterocycles. The van der Waals surface area contributed by atoms with E-state index in [1.165, 1.54) is 0 Å². The van der Waals surface area contributed by atoms with Gasteiger partial charge in [0.05, 0.1) is 5.92 Å². The topological polar surface area (TPSA) is 67.9 Å². The van der Waals surface area contributed by atoms with E-state index in [1.807, 2.05) is 12.1 Å². The van der Waals surface area contributed by atoms with Gasteiger partial charge in [0, 0.05) is 18.8 Å². The van der Waals surface area contributed by atoms with Gasteiger partial charge in [-0.15, -0.1) is 5.10 Å². The van der Waals surface area contributed by atoms with E-state index in [2.05, 4.69) is 39.1 Å². The first-order chi connectivity index (χ1) is 9.24. The molecule has 6 nitrogen and oxygen atoms in total. The first kappa shape index (κ1) is 12.2. The van der Waals surface area contributed by atoms with Gasteiger partial charge in [0.1, 0.15) is 5.69 Å². The largest absolute Gasteiger partial charge is 0.339 e. The highest BCUT2D eigenvalue weighted by atomic mass is 16.5. The van der Waals surface area contributed by atoms with E-state index in [4.69, 9.17) is 4.52 Å². The van der Waals surface area contributed by atoms with Crippen molar-refractivity contribution in [1.29, 1.82) is 0 Å². The lowest BCUT2D eigenvalue weighted by atomic mass is 10.1. The van der Waals surface area contributed by atoms with Crippen molar-refractivity contribution >= 4 is 0 Å². The molecule has 1 saturated heterocycles. The van der Waals surface area contributed by atoms with Crippen LogP contribution in [0.2, 0.25) is 0 Å². The molecule has 0 aliphatic carbocycles. The maximum atomic E-state index is 5.38. The van der Waals surface area contributed by atoms with Crippen molar-refractivity contribution in [3.05, 3.63) is 24.2 Å². The fourth-order valence-corrected chi connectivity index (χ4v) is 2.38. The van der Waals surface area contributed by atoms with Crippen LogP contribution >= 0.6 is 0 Å². The molecule has 1 aliphatic heterocycles. The van der Waals surface area contributed by atoms with Crippen molar-refractivity contribution in [2.45, 2.75) is 32.2 Å². The fraction of sp³-hybridized carbons (Fsp3) is 0.538. The van der Waals surface area contributed by atoms with Crippen LogP contribution in [0.3, 0.4) is 0 Å². The molecule has 1 atom stereocenters. The third-order valence-electron chi connectivity index (χ3n) is 3.54. The summed E-state index contributed by atoms with van der Waals surface area (Å²) < 4.78 is 5.38. The summed E-state index contributed by atoms with van der Waals surface area (Å²) in [5.41, 5.74) is 0.649. The Morgan fingerprint density at radius 2 is 2.32 bits per heavy atom. The molecule has 1 fully saturated rings. The average Bonchev–Trinajstić information content (AvgIpc) is 3.09. The second-order valence-electron chi connectivity index (χ2n) is 5.14. The summed E-state index contributed by atoms with van der Waals surface area (Å²) >= 11 is 0. The second kappa shape index (κ2) is 5.05. The molecule has 0 bridgehead atoms. The van der Waals surface area contributed by atoms with Gasteiger partial charge in [0.2, 0.25) is 11.7 Å². The summed E-state index contributed by atoms with van der Waals surface area (Å²) in [7, 11) is 0. The van der Waals surface area contributed by atoms with Crippen molar-refractivity contribution in [2.75, 3.05) is 13.1 Å². The van der Waals surface area contributed by atoms with Crippen LogP contribution in [0, 0.1) is 0 Å². The molecule has 2 aromatic rings. The van der Waals surface area contributed by atoms with Gasteiger partial charge in [-0.25, -0.2) is 0 Å². The van der Waals surface area contributed by atoms with Crippen LogP contribution in [0.1, 0.15) is 32.1 Å². The van der Waals surface area contributed by atoms with Gasteiger partial charge < -0.3 is 9.42 Å². The molecule has 19 heavy (non-hydrogen) atoms. The summed E-state index contributed by atoms with van der Waals surface area (Å²) in [5, 5.41) is 11.8. The van der Waals surface area contributed by atoms with Crippen LogP contribution in [0.5, 0.6) is 0 Å². The van der Waals surface area contributed by atoms with Crippen LogP contribution in [0.15, 0.2) is 22.9 Å². The molecule has 3 rings (SSSR count). The normalized spacial score (nSPS) is 20.3. The zero-order chi connectivity index (χ0) is 13.2. The van der Waals surface area contributed by atoms with E-state index in [9.17, 15) is 0 Å². The Morgan fingerprint density at radius 3 is 3.00 bits per heavy atom. The lowest BCUT2D eigenvalue weighted by Crippen LogP contribution is -2.27. The van der Waals surface area contributed by atoms with Gasteiger partial charge in [-0.1, -0.05) is 5.16 Å². The van der Waals surface area contributed by atoms with Crippen molar-refractivity contribution in [3.63, 3.8) is 0 Å². The Morgan fingerprint density at radius 1 is 1.42 bits per heavy atom. The van der Waals surface area contributed by atoms with E-state index in [0.29, 0.717) is 29.4 Å². The van der Waals surface area contributed by atoms with Crippen molar-refractivity contribution in [3.8, 4) is 11.5 Å². The minimum absolute atomic E-state index is 0.334. The average molecular weight is 259 g/mol. The van der Waals surface area contributed by atoms with Crippen LogP contribution < -0.4 is 0 Å². The van der Waals surface area contributed by atoms with Gasteiger partial charge in [0.15, 0.2) is 0 Å². The van der Waals surface area contributed by atoms with Crippen LogP contribution in [0.4, 0.5) is 0 Å². The number of hydrogen-bond donors (Lipinski definition) is 0. The smallest absolute Gasteiger partial charge is 0.231 e. The molecule has 100 valence electrons. The van der Waals surface area contributed by atoms with E-state index >= 15 is 0 Å². The van der Waals surface area contributed by atoms with Gasteiger partial charge in [0.25, 0.3) is 0 Å². The lowest BCUT2D eigenvalue weighted by Gasteiger charge is -2.19. The zero-order valence-corrected chi connectivity index (χ0v) is 11.2. The van der Waals surface area contributed by atoms with Gasteiger partial charge >= 0.3 is 0 Å². The summed E-state index contributed by atoms with van der Waals surface area (Å²) in [4.78, 5) is 6.88. The molecule has 0 unspecified atom stereocenters. The van der Waals surface area contributed by atoms with Crippen LogP contribution in [-0.4, -0.2) is 44.4 Å². The first-order valence-corrected chi connectivity index (χ1v) is 6.60. The highest BCUT2D eigenvalue weighted by Gasteiger charge is 2.29. The van der Waals surface area contributed by atoms with E-state index in [0.717, 1.165) is 19.5 Å². The number of hydrogen-bond acceptors (Lipinski definition) is 6. The summed E-state index contributed by atoms with van der Waals surface area (Å²) in [6.07, 6.45) is 2.70. The van der Waals surface area contributed by atoms with E-state index in [-0.39, 0.29) is 0 Å². The molecule has 1 aliphatic rings. The Kier molecular flexibility index (Phi) is 3.25. The first-order valence-electron chi connectivity index (χ1n) is 6.60. The molecule has 0 radical (unpaired) electrons. The molecule has 6 heteroatoms. The van der Waals surface area contributed by atoms with Crippen LogP contribution in [0.25, 0.3) is 11.5 Å². The lowest BCUT2D eigenvalue weighted by molar-refractivity contribution is 0.265. The maximum absolute atomic E-state index is 5.38. The molecule has 0 amide bonds. The second-order valence-corrected chi connectivity index (χ2v) is 5.14. The monoisotopic (exact) mass is 259 g/mol. The highest BCUT2D eigenvalue weighted by Crippen LogP contribution is 2.28. The predicted molar refractivity (Wildman–Crippen MR) is 69.4 cm³/mol. The standard InChI is InChI=1S/C13H17N5O/c1-9(2)18-7-5-10(8-18)13-15-12(17-19-13)11-4-3-6-14-16-11/h3-4,6,9-10H,5,7-8H2,1-2H3/t10-/m0/s1. The summed E-state index contributed by atoms with van der Waals surface area (Å²) in [6.45, 7) is 6.49. The third kappa shape index (κ3) is 2.49. The number of rotatable bonds is 3. The van der Waals surface area contributed by atoms with E-state index < -0.39 is 0 Å². The summed E-state index contributed by atoms with van der Waals surface area (Å²) in [5.74, 6) is 1.57. The Labute approximate surface area is 111 Å². The molecular weight excluding hydrogens is 242 g/mol. The number of likely N-dealkylation sites (tertiary alicyclic amines) is 1. The number of nitrogens with zero attached hydrogens (tertiary/aromatic N) is 5. The van der Waals surface area contributed by atoms with Gasteiger partial charge in [-0.3, -0.25) is 0 Å². The van der Waals surface area contributed by atoms with Crippen molar-refractivity contribution in [2.24, 2.45) is 0 Å². The number of aromatic nitrogens is 4. The molecule has 0 saturated carbocycles. The molecular formula is C13H17N5O. The fourth-order valence-electron chi connectivity index (χ4n) is 2.38. The summed E-state index contributed by atoms with van der Waals surface area (Å²) in [6, 6.07) is 4.21. The maximum Gasteiger partial charge on any atom is 0.231 e. The zero-order valence-electron chi connectivity index (χ0n) is 11.2. The Balaban J connectivity index is 1.76. The molecule has 3 heterocycles. The SMILES string of the molecule is CC(C)N1CC[C@H](c2nc(-c3cccnn3)no2)C1. The quantitative estimate of drug-likeness (QED) is 0.836. The molecule has 0 aromatic carbocycles. The van der Waals surface area contributed by atoms with Gasteiger partial charge in [-0.2, -0.15) is 10.1 Å². The molecule has 0 spiro atoms. The minimum Gasteiger partial charge on any atom is -0.339 e. The highest BCUT2D eigenvalue weighted by molar-refractivity contribution is 5.46. The molecule has 0 N–H and O–H groups in total. The van der Waals surface area contributed by atoms with Crippen molar-refractivity contribution < 1.29 is 4.52 Å². The Bertz CT molecular complexity index is 539. The predicted octanol–water partition coefficient (Wildman–Crippen LogP) is 1.72. The van der Waals surface area contributed by atoms with Crippen LogP contribution in [-0.2, 0) is 0 Å². The Hall–Kier alpha value is -1.82.